The summed E-state index contributed by atoms with van der Waals surface area (Å²) in [5.74, 6) is 0.878. The lowest BCUT2D eigenvalue weighted by atomic mass is 9.89. The highest BCUT2D eigenvalue weighted by molar-refractivity contribution is 5.20. The molecular weight excluding hydrogens is 122 g/mol. The quantitative estimate of drug-likeness (QED) is 0.506. The van der Waals surface area contributed by atoms with Crippen molar-refractivity contribution in [2.24, 2.45) is 11.7 Å². The lowest BCUT2D eigenvalue weighted by Crippen LogP contribution is -2.19. The van der Waals surface area contributed by atoms with E-state index in [0.29, 0.717) is 6.04 Å². The van der Waals surface area contributed by atoms with Gasteiger partial charge in [0.1, 0.15) is 0 Å². The fraction of sp³-hybridized carbons (Fsp3) is 0.778. The topological polar surface area (TPSA) is 26.0 Å². The zero-order valence-corrected chi connectivity index (χ0v) is 6.34. The first-order valence-corrected chi connectivity index (χ1v) is 4.33. The van der Waals surface area contributed by atoms with E-state index in [0.717, 1.165) is 5.92 Å². The molecule has 0 spiro atoms. The fourth-order valence-corrected chi connectivity index (χ4v) is 2.28. The molecule has 56 valence electrons. The van der Waals surface area contributed by atoms with Gasteiger partial charge < -0.3 is 5.73 Å². The van der Waals surface area contributed by atoms with E-state index in [2.05, 4.69) is 6.08 Å². The van der Waals surface area contributed by atoms with E-state index in [1.54, 1.807) is 5.57 Å². The van der Waals surface area contributed by atoms with Crippen LogP contribution in [0, 0.1) is 5.92 Å². The van der Waals surface area contributed by atoms with Crippen molar-refractivity contribution in [2.45, 2.75) is 38.1 Å². The summed E-state index contributed by atoms with van der Waals surface area (Å²) in [4.78, 5) is 0. The van der Waals surface area contributed by atoms with Crippen molar-refractivity contribution in [3.8, 4) is 0 Å². The molecular formula is C9H15N. The monoisotopic (exact) mass is 137 g/mol. The molecule has 0 aliphatic heterocycles. The predicted octanol–water partition coefficient (Wildman–Crippen LogP) is 1.83. The molecule has 0 aromatic heterocycles. The van der Waals surface area contributed by atoms with Crippen LogP contribution >= 0.6 is 0 Å². The van der Waals surface area contributed by atoms with Crippen LogP contribution in [0.1, 0.15) is 32.1 Å². The van der Waals surface area contributed by atoms with Crippen LogP contribution in [0.4, 0.5) is 0 Å². The van der Waals surface area contributed by atoms with Crippen LogP contribution in [0.5, 0.6) is 0 Å². The standard InChI is InChI=1S/C9H15N/c10-9-6-5-7-3-1-2-4-8(7)9/h4,7,9H,1-3,5-6,10H2. The lowest BCUT2D eigenvalue weighted by molar-refractivity contribution is 0.525. The van der Waals surface area contributed by atoms with E-state index in [9.17, 15) is 0 Å². The molecule has 2 unspecified atom stereocenters. The Kier molecular flexibility index (Phi) is 1.53. The number of nitrogens with two attached hydrogens (primary N) is 1. The molecule has 0 bridgehead atoms. The fourth-order valence-electron chi connectivity index (χ4n) is 2.28. The molecule has 1 heteroatoms. The van der Waals surface area contributed by atoms with Crippen molar-refractivity contribution in [3.63, 3.8) is 0 Å². The maximum absolute atomic E-state index is 5.92. The zero-order valence-electron chi connectivity index (χ0n) is 6.34. The minimum Gasteiger partial charge on any atom is -0.324 e. The Balaban J connectivity index is 2.19. The van der Waals surface area contributed by atoms with Gasteiger partial charge in [-0.1, -0.05) is 11.6 Å². The third-order valence-corrected chi connectivity index (χ3v) is 2.86. The Morgan fingerprint density at radius 1 is 1.30 bits per heavy atom. The minimum atomic E-state index is 0.422. The van der Waals surface area contributed by atoms with Gasteiger partial charge in [-0.15, -0.1) is 0 Å². The van der Waals surface area contributed by atoms with Crippen LogP contribution in [0.15, 0.2) is 11.6 Å². The van der Waals surface area contributed by atoms with Crippen molar-refractivity contribution < 1.29 is 0 Å². The molecule has 1 fully saturated rings. The summed E-state index contributed by atoms with van der Waals surface area (Å²) in [6.45, 7) is 0. The van der Waals surface area contributed by atoms with Gasteiger partial charge in [-0.05, 0) is 38.0 Å². The van der Waals surface area contributed by atoms with E-state index >= 15 is 0 Å². The molecule has 2 aliphatic carbocycles. The molecule has 1 saturated carbocycles. The van der Waals surface area contributed by atoms with Gasteiger partial charge in [0.15, 0.2) is 0 Å². The number of hydrogen-bond donors (Lipinski definition) is 1. The van der Waals surface area contributed by atoms with Gasteiger partial charge in [0.05, 0.1) is 0 Å². The highest BCUT2D eigenvalue weighted by Gasteiger charge is 2.28. The Morgan fingerprint density at radius 3 is 3.00 bits per heavy atom. The van der Waals surface area contributed by atoms with E-state index < -0.39 is 0 Å². The van der Waals surface area contributed by atoms with Crippen LogP contribution in [0.2, 0.25) is 0 Å². The van der Waals surface area contributed by atoms with E-state index in [1.807, 2.05) is 0 Å². The second-order valence-corrected chi connectivity index (χ2v) is 3.52. The normalized spacial score (nSPS) is 39.1. The van der Waals surface area contributed by atoms with Crippen molar-refractivity contribution in [1.29, 1.82) is 0 Å². The first-order valence-electron chi connectivity index (χ1n) is 4.33. The predicted molar refractivity (Wildman–Crippen MR) is 42.6 cm³/mol. The summed E-state index contributed by atoms with van der Waals surface area (Å²) in [5, 5.41) is 0. The van der Waals surface area contributed by atoms with Gasteiger partial charge >= 0.3 is 0 Å². The average molecular weight is 137 g/mol. The molecule has 0 heterocycles. The SMILES string of the molecule is NC1CCC2CCCC=C12. The lowest BCUT2D eigenvalue weighted by Gasteiger charge is -2.18. The summed E-state index contributed by atoms with van der Waals surface area (Å²) in [7, 11) is 0. The molecule has 0 aromatic carbocycles. The van der Waals surface area contributed by atoms with Crippen LogP contribution in [-0.4, -0.2) is 6.04 Å². The molecule has 0 amide bonds. The maximum atomic E-state index is 5.92. The van der Waals surface area contributed by atoms with Crippen molar-refractivity contribution in [2.75, 3.05) is 0 Å². The second kappa shape index (κ2) is 2.39. The van der Waals surface area contributed by atoms with Crippen LogP contribution < -0.4 is 5.73 Å². The zero-order chi connectivity index (χ0) is 6.97. The molecule has 1 nitrogen and oxygen atoms in total. The third-order valence-electron chi connectivity index (χ3n) is 2.86. The Hall–Kier alpha value is -0.300. The smallest absolute Gasteiger partial charge is 0.0256 e. The summed E-state index contributed by atoms with van der Waals surface area (Å²) in [6.07, 6.45) is 9.04. The van der Waals surface area contributed by atoms with E-state index in [4.69, 9.17) is 5.73 Å². The highest BCUT2D eigenvalue weighted by Crippen LogP contribution is 2.37. The highest BCUT2D eigenvalue weighted by atomic mass is 14.7. The number of hydrogen-bond acceptors (Lipinski definition) is 1. The third kappa shape index (κ3) is 0.891. The molecule has 0 saturated heterocycles. The molecule has 10 heavy (non-hydrogen) atoms. The van der Waals surface area contributed by atoms with Crippen LogP contribution in [0.3, 0.4) is 0 Å². The van der Waals surface area contributed by atoms with Gasteiger partial charge in [0.2, 0.25) is 0 Å². The molecule has 2 atom stereocenters. The molecule has 2 N–H and O–H groups in total. The van der Waals surface area contributed by atoms with Crippen molar-refractivity contribution in [3.05, 3.63) is 11.6 Å². The van der Waals surface area contributed by atoms with Gasteiger partial charge in [0.25, 0.3) is 0 Å². The first-order chi connectivity index (χ1) is 4.88. The van der Waals surface area contributed by atoms with Gasteiger partial charge in [-0.2, -0.15) is 0 Å². The van der Waals surface area contributed by atoms with Gasteiger partial charge in [-0.25, -0.2) is 0 Å². The average Bonchev–Trinajstić information content (AvgIpc) is 2.34. The Bertz CT molecular complexity index is 160. The molecule has 0 radical (unpaired) electrons. The molecule has 0 aromatic rings. The Morgan fingerprint density at radius 2 is 2.20 bits per heavy atom. The number of allylic oxidation sites excluding steroid dienone is 1. The first kappa shape index (κ1) is 6.41. The van der Waals surface area contributed by atoms with Gasteiger partial charge in [0, 0.05) is 6.04 Å². The largest absolute Gasteiger partial charge is 0.324 e. The summed E-state index contributed by atoms with van der Waals surface area (Å²) in [6, 6.07) is 0.422. The van der Waals surface area contributed by atoms with Crippen LogP contribution in [0.25, 0.3) is 0 Å². The molecule has 2 rings (SSSR count). The molecule has 2 aliphatic rings. The van der Waals surface area contributed by atoms with Gasteiger partial charge in [-0.3, -0.25) is 0 Å². The van der Waals surface area contributed by atoms with E-state index in [1.165, 1.54) is 32.1 Å². The van der Waals surface area contributed by atoms with E-state index in [-0.39, 0.29) is 0 Å². The second-order valence-electron chi connectivity index (χ2n) is 3.52. The van der Waals surface area contributed by atoms with Crippen molar-refractivity contribution >= 4 is 0 Å². The summed E-state index contributed by atoms with van der Waals surface area (Å²) in [5.41, 5.74) is 7.50. The van der Waals surface area contributed by atoms with Crippen molar-refractivity contribution in [1.82, 2.24) is 0 Å². The number of rotatable bonds is 0. The van der Waals surface area contributed by atoms with Crippen LogP contribution in [-0.2, 0) is 0 Å². The Labute approximate surface area is 62.3 Å². The maximum Gasteiger partial charge on any atom is 0.0256 e. The number of fused-ring (bicyclic) bond motifs is 1. The summed E-state index contributed by atoms with van der Waals surface area (Å²) >= 11 is 0. The summed E-state index contributed by atoms with van der Waals surface area (Å²) < 4.78 is 0. The minimum absolute atomic E-state index is 0.422.